The fraction of sp³-hybridized carbons (Fsp3) is 0.923. The first-order chi connectivity index (χ1) is 14.9. The average molecular weight is 542 g/mol. The van der Waals surface area contributed by atoms with Gasteiger partial charge in [-0.2, -0.15) is 0 Å². The smallest absolute Gasteiger partial charge is 0.192 e. The van der Waals surface area contributed by atoms with Gasteiger partial charge >= 0.3 is 0 Å². The fourth-order valence-electron chi connectivity index (χ4n) is 9.27. The van der Waals surface area contributed by atoms with Gasteiger partial charge in [0.1, 0.15) is 5.76 Å². The van der Waals surface area contributed by atoms with Crippen LogP contribution in [0.1, 0.15) is 78.6 Å². The third-order valence-electron chi connectivity index (χ3n) is 11.3. The molecule has 2 spiro atoms. The summed E-state index contributed by atoms with van der Waals surface area (Å²) in [6, 6.07) is 0. The molecule has 2 aliphatic heterocycles. The first-order valence-corrected chi connectivity index (χ1v) is 13.7. The molecule has 0 aromatic heterocycles. The molecule has 0 radical (unpaired) electrons. The quantitative estimate of drug-likeness (QED) is 0.358. The summed E-state index contributed by atoms with van der Waals surface area (Å²) in [5, 5.41) is 0. The lowest BCUT2D eigenvalue weighted by molar-refractivity contribution is -0.267. The van der Waals surface area contributed by atoms with E-state index < -0.39 is 0 Å². The van der Waals surface area contributed by atoms with Crippen LogP contribution < -0.4 is 0 Å². The zero-order chi connectivity index (χ0) is 21.5. The number of allylic oxidation sites excluding steroid dienone is 2. The maximum atomic E-state index is 6.35. The Morgan fingerprint density at radius 3 is 2.35 bits per heavy atom. The summed E-state index contributed by atoms with van der Waals surface area (Å²) in [7, 11) is 0. The molecule has 2 heterocycles. The van der Waals surface area contributed by atoms with Crippen LogP contribution in [0, 0.1) is 40.4 Å². The number of rotatable bonds is 1. The Hall–Kier alpha value is 0.150. The number of hydrogen-bond acceptors (Lipinski definition) is 4. The summed E-state index contributed by atoms with van der Waals surface area (Å²) < 4.78 is 25.1. The number of ether oxygens (including phenoxy) is 3. The van der Waals surface area contributed by atoms with Gasteiger partial charge in [0.15, 0.2) is 28.8 Å². The summed E-state index contributed by atoms with van der Waals surface area (Å²) in [5.41, 5.74) is 0.766. The Labute approximate surface area is 201 Å². The maximum Gasteiger partial charge on any atom is 0.192 e. The first-order valence-electron chi connectivity index (χ1n) is 12.8. The number of fused-ring (bicyclic) bond motifs is 5. The minimum absolute atomic E-state index is 0.149. The third-order valence-corrected chi connectivity index (χ3v) is 11.8. The molecule has 4 aliphatic carbocycles. The molecule has 0 aromatic carbocycles. The Kier molecular flexibility index (Phi) is 5.12. The standard InChI is InChI=1S/C26H39IO4/c1-17-23(2)8-5-20-22(19(23)6-9-26(17)29-13-14-30-26)21(31-27)15-18-16-25(7-4-12-28-25)11-10-24(18,20)3/h15,17-20,22H,4-14,16H2,1-3H3/t17?,18?,19?,20?,22?,23-,24+,25?/m1/s1. The predicted octanol–water partition coefficient (Wildman–Crippen LogP) is 6.43. The van der Waals surface area contributed by atoms with Crippen LogP contribution >= 0.6 is 23.0 Å². The Morgan fingerprint density at radius 1 is 0.903 bits per heavy atom. The van der Waals surface area contributed by atoms with Crippen LogP contribution in [-0.4, -0.2) is 31.2 Å². The van der Waals surface area contributed by atoms with E-state index in [1.54, 1.807) is 0 Å². The van der Waals surface area contributed by atoms with Crippen molar-refractivity contribution in [3.63, 3.8) is 0 Å². The van der Waals surface area contributed by atoms with E-state index in [0.29, 0.717) is 29.1 Å². The fourth-order valence-corrected chi connectivity index (χ4v) is 9.71. The van der Waals surface area contributed by atoms with Crippen LogP contribution in [0.4, 0.5) is 0 Å². The van der Waals surface area contributed by atoms with Crippen LogP contribution in [-0.2, 0) is 17.3 Å². The highest BCUT2D eigenvalue weighted by Crippen LogP contribution is 2.69. The molecule has 4 nitrogen and oxygen atoms in total. The van der Waals surface area contributed by atoms with Crippen molar-refractivity contribution in [2.24, 2.45) is 40.4 Å². The lowest BCUT2D eigenvalue weighted by Crippen LogP contribution is -2.61. The zero-order valence-corrected chi connectivity index (χ0v) is 21.6. The van der Waals surface area contributed by atoms with Crippen LogP contribution in [0.5, 0.6) is 0 Å². The molecule has 0 bridgehead atoms. The van der Waals surface area contributed by atoms with Crippen molar-refractivity contribution in [2.75, 3.05) is 19.8 Å². The molecule has 0 aromatic rings. The molecule has 3 saturated carbocycles. The Balaban J connectivity index is 1.35. The molecule has 0 N–H and O–H groups in total. The van der Waals surface area contributed by atoms with Gasteiger partial charge in [-0.15, -0.1) is 0 Å². The van der Waals surface area contributed by atoms with Gasteiger partial charge in [0.05, 0.1) is 18.8 Å². The summed E-state index contributed by atoms with van der Waals surface area (Å²) in [6.07, 6.45) is 13.6. The van der Waals surface area contributed by atoms with Crippen LogP contribution in [0.3, 0.4) is 0 Å². The Morgan fingerprint density at radius 2 is 1.65 bits per heavy atom. The van der Waals surface area contributed by atoms with Gasteiger partial charge in [0.2, 0.25) is 0 Å². The molecular formula is C26H39IO4. The van der Waals surface area contributed by atoms with Gasteiger partial charge < -0.3 is 17.3 Å². The van der Waals surface area contributed by atoms with Gasteiger partial charge in [-0.3, -0.25) is 0 Å². The van der Waals surface area contributed by atoms with Gasteiger partial charge in [-0.1, -0.05) is 20.8 Å². The van der Waals surface area contributed by atoms with E-state index in [4.69, 9.17) is 17.3 Å². The van der Waals surface area contributed by atoms with Crippen LogP contribution in [0.25, 0.3) is 0 Å². The van der Waals surface area contributed by atoms with E-state index in [2.05, 4.69) is 49.9 Å². The molecule has 2 saturated heterocycles. The lowest BCUT2D eigenvalue weighted by Gasteiger charge is -2.64. The molecule has 31 heavy (non-hydrogen) atoms. The van der Waals surface area contributed by atoms with E-state index >= 15 is 0 Å². The lowest BCUT2D eigenvalue weighted by atomic mass is 9.42. The minimum atomic E-state index is -0.342. The number of hydrogen-bond donors (Lipinski definition) is 0. The van der Waals surface area contributed by atoms with Gasteiger partial charge in [0, 0.05) is 24.9 Å². The zero-order valence-electron chi connectivity index (χ0n) is 19.5. The van der Waals surface area contributed by atoms with E-state index in [9.17, 15) is 0 Å². The second-order valence-electron chi connectivity index (χ2n) is 12.2. The van der Waals surface area contributed by atoms with Gasteiger partial charge in [-0.25, -0.2) is 0 Å². The van der Waals surface area contributed by atoms with Crippen LogP contribution in [0.15, 0.2) is 11.8 Å². The highest BCUT2D eigenvalue weighted by Gasteiger charge is 2.65. The molecule has 5 heteroatoms. The largest absolute Gasteiger partial charge is 0.432 e. The molecular weight excluding hydrogens is 503 g/mol. The van der Waals surface area contributed by atoms with Crippen molar-refractivity contribution in [1.82, 2.24) is 0 Å². The van der Waals surface area contributed by atoms with E-state index in [-0.39, 0.29) is 16.8 Å². The first kappa shape index (κ1) is 21.7. The SMILES string of the molecule is CC1C2(CCC3C4C(OI)=CC5CC6(CCCO6)CC[C@]5(C)C4CC[C@@]31C)OCCO2. The van der Waals surface area contributed by atoms with Crippen molar-refractivity contribution >= 4 is 23.0 Å². The van der Waals surface area contributed by atoms with Crippen molar-refractivity contribution in [2.45, 2.75) is 89.9 Å². The van der Waals surface area contributed by atoms with E-state index in [1.165, 1.54) is 57.1 Å². The molecule has 8 atom stereocenters. The maximum absolute atomic E-state index is 6.35. The molecule has 6 rings (SSSR count). The van der Waals surface area contributed by atoms with Crippen molar-refractivity contribution in [3.8, 4) is 0 Å². The topological polar surface area (TPSA) is 36.9 Å². The van der Waals surface area contributed by atoms with E-state index in [0.717, 1.165) is 32.2 Å². The van der Waals surface area contributed by atoms with Gasteiger partial charge in [-0.05, 0) is 86.0 Å². The molecule has 5 fully saturated rings. The summed E-state index contributed by atoms with van der Waals surface area (Å²) in [4.78, 5) is 0. The average Bonchev–Trinajstić information content (AvgIpc) is 3.42. The summed E-state index contributed by atoms with van der Waals surface area (Å²) in [5.74, 6) is 3.85. The monoisotopic (exact) mass is 542 g/mol. The highest BCUT2D eigenvalue weighted by atomic mass is 127. The van der Waals surface area contributed by atoms with E-state index in [1.807, 2.05) is 0 Å². The molecule has 6 aliphatic rings. The minimum Gasteiger partial charge on any atom is -0.432 e. The summed E-state index contributed by atoms with van der Waals surface area (Å²) in [6.45, 7) is 10.0. The molecule has 0 amide bonds. The van der Waals surface area contributed by atoms with Crippen LogP contribution in [0.2, 0.25) is 0 Å². The summed E-state index contributed by atoms with van der Waals surface area (Å²) >= 11 is 2.16. The number of halogens is 1. The van der Waals surface area contributed by atoms with Gasteiger partial charge in [0.25, 0.3) is 0 Å². The third kappa shape index (κ3) is 2.94. The highest BCUT2D eigenvalue weighted by molar-refractivity contribution is 14.1. The second-order valence-corrected chi connectivity index (χ2v) is 12.6. The van der Waals surface area contributed by atoms with Crippen molar-refractivity contribution in [1.29, 1.82) is 0 Å². The van der Waals surface area contributed by atoms with Crippen molar-refractivity contribution < 1.29 is 17.3 Å². The Bertz CT molecular complexity index is 755. The predicted molar refractivity (Wildman–Crippen MR) is 127 cm³/mol. The second kappa shape index (κ2) is 7.32. The normalized spacial score (nSPS) is 53.0. The van der Waals surface area contributed by atoms with Crippen molar-refractivity contribution in [3.05, 3.63) is 11.8 Å². The molecule has 6 unspecified atom stereocenters. The molecule has 174 valence electrons.